The van der Waals surface area contributed by atoms with E-state index in [1.54, 1.807) is 35.7 Å². The van der Waals surface area contributed by atoms with Crippen molar-refractivity contribution in [3.8, 4) is 22.5 Å². The van der Waals surface area contributed by atoms with Gasteiger partial charge in [0.2, 0.25) is 11.0 Å². The van der Waals surface area contributed by atoms with Crippen LogP contribution in [0, 0.1) is 0 Å². The van der Waals surface area contributed by atoms with Crippen LogP contribution < -0.4 is 14.8 Å². The van der Waals surface area contributed by atoms with Crippen molar-refractivity contribution in [2.75, 3.05) is 16.7 Å². The van der Waals surface area contributed by atoms with Crippen molar-refractivity contribution in [2.45, 2.75) is 93.7 Å². The summed E-state index contributed by atoms with van der Waals surface area (Å²) in [6.07, 6.45) is 0. The predicted molar refractivity (Wildman–Crippen MR) is 279 cm³/mol. The smallest absolute Gasteiger partial charge is 0.295 e. The molecule has 9 heteroatoms. The lowest BCUT2D eigenvalue weighted by atomic mass is 9.91. The third kappa shape index (κ3) is 9.91. The quantitative estimate of drug-likeness (QED) is 0.0361. The van der Waals surface area contributed by atoms with Crippen LogP contribution in [0.1, 0.15) is 101 Å². The lowest BCUT2D eigenvalue weighted by Crippen LogP contribution is -2.27. The molecule has 0 radical (unpaired) electrons. The molecule has 6 nitrogen and oxygen atoms in total. The van der Waals surface area contributed by atoms with Crippen molar-refractivity contribution in [3.05, 3.63) is 185 Å². The fourth-order valence-electron chi connectivity index (χ4n) is 8.89. The van der Waals surface area contributed by atoms with Crippen molar-refractivity contribution in [1.82, 2.24) is 4.58 Å². The molecule has 6 aromatic carbocycles. The first-order valence-corrected chi connectivity index (χ1v) is 26.2. The molecule has 0 spiro atoms. The Morgan fingerprint density at radius 2 is 1.12 bits per heavy atom. The summed E-state index contributed by atoms with van der Waals surface area (Å²) in [7, 11) is -4.61. The van der Waals surface area contributed by atoms with Gasteiger partial charge in [-0.3, -0.25) is 4.55 Å². The van der Waals surface area contributed by atoms with Gasteiger partial charge in [0.05, 0.1) is 11.9 Å². The average molecular weight is 932 g/mol. The zero-order valence-corrected chi connectivity index (χ0v) is 41.5. The van der Waals surface area contributed by atoms with Gasteiger partial charge in [0.15, 0.2) is 5.88 Å². The first-order chi connectivity index (χ1) is 31.7. The number of fused-ring (bicyclic) bond motifs is 2. The van der Waals surface area contributed by atoms with E-state index in [0.717, 1.165) is 22.0 Å². The number of para-hydroxylation sites is 2. The molecular formula is C57H59N2O4S3+. The highest BCUT2D eigenvalue weighted by molar-refractivity contribution is 7.99. The minimum atomic E-state index is -4.61. The molecule has 0 amide bonds. The number of thioether (sulfide) groups is 2. The molecule has 0 aromatic heterocycles. The van der Waals surface area contributed by atoms with E-state index in [4.69, 9.17) is 4.42 Å². The van der Waals surface area contributed by atoms with Crippen molar-refractivity contribution in [3.63, 3.8) is 0 Å². The van der Waals surface area contributed by atoms with Gasteiger partial charge in [-0.25, -0.2) is 0 Å². The minimum absolute atomic E-state index is 0.159. The topological polar surface area (TPSA) is 73.8 Å². The molecule has 1 aliphatic carbocycles. The van der Waals surface area contributed by atoms with Crippen molar-refractivity contribution in [2.24, 2.45) is 0 Å². The fourth-order valence-corrected chi connectivity index (χ4v) is 11.4. The van der Waals surface area contributed by atoms with Crippen molar-refractivity contribution in [1.29, 1.82) is 0 Å². The number of benzene rings is 7. The second-order valence-corrected chi connectivity index (χ2v) is 21.5. The molecule has 338 valence electrons. The van der Waals surface area contributed by atoms with Gasteiger partial charge >= 0.3 is 0 Å². The summed E-state index contributed by atoms with van der Waals surface area (Å²) in [4.78, 5) is 4.58. The van der Waals surface area contributed by atoms with E-state index in [1.165, 1.54) is 49.5 Å². The van der Waals surface area contributed by atoms with Gasteiger partial charge in [0.25, 0.3) is 10.1 Å². The Bertz CT molecular complexity index is 3090. The third-order valence-corrected chi connectivity index (χ3v) is 15.1. The van der Waals surface area contributed by atoms with Crippen LogP contribution in [-0.2, 0) is 10.1 Å². The highest BCUT2D eigenvalue weighted by atomic mass is 32.2. The summed E-state index contributed by atoms with van der Waals surface area (Å²) in [5, 5.41) is 1.68. The van der Waals surface area contributed by atoms with Gasteiger partial charge in [-0.2, -0.15) is 13.0 Å². The Morgan fingerprint density at radius 3 is 1.70 bits per heavy atom. The zero-order chi connectivity index (χ0) is 46.7. The molecule has 0 unspecified atom stereocenters. The standard InChI is InChI=1S/C57H58N2O4S3/c1-37(2)45-24-17-25-46(38(3)4)56(45)58(35-64-43-19-11-9-12-20-43)41-29-31-49-52(33-41)63-53-34-42(30-32-50(53)55(49)51-23-15-16-28-54(51)66(60,61)62)59(36-65-44-21-13-10-14-22-44)57-47(39(5)6)26-18-27-48(57)40(7)8/h9-34,37-40H,35-36H2,1-8H3/p+1. The maximum atomic E-state index is 13.1. The van der Waals surface area contributed by atoms with Crippen LogP contribution in [0.3, 0.4) is 0 Å². The minimum Gasteiger partial charge on any atom is -0.456 e. The summed E-state index contributed by atoms with van der Waals surface area (Å²) in [5.74, 6) is 2.92. The van der Waals surface area contributed by atoms with E-state index in [0.29, 0.717) is 34.2 Å². The van der Waals surface area contributed by atoms with Gasteiger partial charge in [0, 0.05) is 66.5 Å². The van der Waals surface area contributed by atoms with Crippen molar-refractivity contribution < 1.29 is 17.4 Å². The maximum Gasteiger partial charge on any atom is 0.295 e. The molecule has 1 heterocycles. The number of anilines is 2. The fraction of sp³-hybridized carbons (Fsp3) is 0.246. The van der Waals surface area contributed by atoms with Crippen LogP contribution in [0.5, 0.6) is 0 Å². The lowest BCUT2D eigenvalue weighted by Gasteiger charge is -2.32. The SMILES string of the molecule is CC(C)c1cccc(C(C)C)c1N(CSc1ccccc1)c1ccc2c(-c3ccccc3S(=O)(=O)O)c3ccc(=[N+](CSc4ccccc4)c4c(C(C)C)cccc4C(C)C)cc-3oc2c1. The van der Waals surface area contributed by atoms with Crippen LogP contribution in [0.15, 0.2) is 177 Å². The molecule has 2 aliphatic rings. The summed E-state index contributed by atoms with van der Waals surface area (Å²) < 4.78 is 46.5. The number of hydrogen-bond acceptors (Lipinski definition) is 6. The van der Waals surface area contributed by atoms with Crippen LogP contribution >= 0.6 is 23.5 Å². The zero-order valence-electron chi connectivity index (χ0n) is 39.0. The van der Waals surface area contributed by atoms with Gasteiger partial charge in [0.1, 0.15) is 16.2 Å². The summed E-state index contributed by atoms with van der Waals surface area (Å²) in [5.41, 5.74) is 10.7. The van der Waals surface area contributed by atoms with Crippen LogP contribution in [0.4, 0.5) is 17.1 Å². The van der Waals surface area contributed by atoms with E-state index in [2.05, 4.69) is 174 Å². The summed E-state index contributed by atoms with van der Waals surface area (Å²) in [6, 6.07) is 53.4. The molecule has 0 atom stereocenters. The second kappa shape index (κ2) is 20.1. The number of rotatable bonds is 15. The molecule has 1 aliphatic heterocycles. The van der Waals surface area contributed by atoms with E-state index >= 15 is 0 Å². The van der Waals surface area contributed by atoms with Crippen LogP contribution in [0.25, 0.3) is 33.4 Å². The van der Waals surface area contributed by atoms with Gasteiger partial charge < -0.3 is 9.32 Å². The largest absolute Gasteiger partial charge is 0.456 e. The number of nitrogens with zero attached hydrogens (tertiary/aromatic N) is 2. The highest BCUT2D eigenvalue weighted by Gasteiger charge is 2.29. The Morgan fingerprint density at radius 1 is 0.576 bits per heavy atom. The van der Waals surface area contributed by atoms with E-state index in [-0.39, 0.29) is 28.6 Å². The molecule has 1 N–H and O–H groups in total. The van der Waals surface area contributed by atoms with E-state index in [9.17, 15) is 13.0 Å². The van der Waals surface area contributed by atoms with Crippen LogP contribution in [0.2, 0.25) is 0 Å². The van der Waals surface area contributed by atoms with Crippen molar-refractivity contribution >= 4 is 61.7 Å². The van der Waals surface area contributed by atoms with Gasteiger partial charge in [-0.05, 0) is 83.3 Å². The summed E-state index contributed by atoms with van der Waals surface area (Å²) in [6.45, 7) is 18.0. The predicted octanol–water partition coefficient (Wildman–Crippen LogP) is 15.7. The summed E-state index contributed by atoms with van der Waals surface area (Å²) >= 11 is 3.55. The van der Waals surface area contributed by atoms with Gasteiger partial charge in [-0.15, -0.1) is 11.8 Å². The molecular weight excluding hydrogens is 873 g/mol. The Labute approximate surface area is 399 Å². The Kier molecular flexibility index (Phi) is 14.3. The van der Waals surface area contributed by atoms with Crippen LogP contribution in [-0.4, -0.2) is 24.7 Å². The molecule has 6 aromatic rings. The third-order valence-electron chi connectivity index (χ3n) is 12.2. The first kappa shape index (κ1) is 46.9. The van der Waals surface area contributed by atoms with E-state index in [1.807, 2.05) is 30.3 Å². The molecule has 8 rings (SSSR count). The molecule has 0 saturated carbocycles. The second-order valence-electron chi connectivity index (χ2n) is 18.0. The monoisotopic (exact) mass is 931 g/mol. The molecule has 0 fully saturated rings. The maximum absolute atomic E-state index is 13.1. The molecule has 0 saturated heterocycles. The first-order valence-electron chi connectivity index (χ1n) is 22.8. The highest BCUT2D eigenvalue weighted by Crippen LogP contribution is 2.46. The molecule has 66 heavy (non-hydrogen) atoms. The molecule has 0 bridgehead atoms. The normalized spacial score (nSPS) is 12.6. The number of hydrogen-bond donors (Lipinski definition) is 1. The Hall–Kier alpha value is -5.58. The van der Waals surface area contributed by atoms with Gasteiger partial charge in [-0.1, -0.05) is 158 Å². The average Bonchev–Trinajstić information content (AvgIpc) is 3.31. The Balaban J connectivity index is 1.45. The van der Waals surface area contributed by atoms with E-state index < -0.39 is 10.1 Å². The lowest BCUT2D eigenvalue weighted by molar-refractivity contribution is 0.483.